The van der Waals surface area contributed by atoms with Crippen molar-refractivity contribution in [3.63, 3.8) is 0 Å². The van der Waals surface area contributed by atoms with Crippen molar-refractivity contribution in [3.8, 4) is 12.1 Å². The van der Waals surface area contributed by atoms with E-state index in [1.807, 2.05) is 30.3 Å². The molecule has 1 aromatic heterocycles. The van der Waals surface area contributed by atoms with Gasteiger partial charge in [-0.1, -0.05) is 18.2 Å². The van der Waals surface area contributed by atoms with Gasteiger partial charge in [-0.2, -0.15) is 10.5 Å². The summed E-state index contributed by atoms with van der Waals surface area (Å²) in [6.45, 7) is 0.695. The third-order valence-corrected chi connectivity index (χ3v) is 4.32. The highest BCUT2D eigenvalue weighted by molar-refractivity contribution is 7.17. The molecule has 0 unspecified atom stereocenters. The Bertz CT molecular complexity index is 881. The zero-order chi connectivity index (χ0) is 14.7. The van der Waals surface area contributed by atoms with E-state index in [1.54, 1.807) is 23.5 Å². The van der Waals surface area contributed by atoms with Crippen LogP contribution in [-0.4, -0.2) is 0 Å². The third kappa shape index (κ3) is 2.58. The maximum Gasteiger partial charge on any atom is 0.101 e. The molecule has 0 atom stereocenters. The molecule has 2 aromatic carbocycles. The van der Waals surface area contributed by atoms with E-state index in [4.69, 9.17) is 10.5 Å². The highest BCUT2D eigenvalue weighted by atomic mass is 32.1. The average Bonchev–Trinajstić information content (AvgIpc) is 2.96. The van der Waals surface area contributed by atoms with Crippen LogP contribution in [0.15, 0.2) is 47.8 Å². The molecule has 0 aliphatic heterocycles. The summed E-state index contributed by atoms with van der Waals surface area (Å²) >= 11 is 1.73. The van der Waals surface area contributed by atoms with Crippen molar-refractivity contribution in [3.05, 3.63) is 64.5 Å². The summed E-state index contributed by atoms with van der Waals surface area (Å²) in [5.74, 6) is 0. The maximum absolute atomic E-state index is 9.04. The topological polar surface area (TPSA) is 59.6 Å². The molecule has 0 aliphatic carbocycles. The summed E-state index contributed by atoms with van der Waals surface area (Å²) in [4.78, 5) is 0. The fourth-order valence-electron chi connectivity index (χ4n) is 2.21. The Kier molecular flexibility index (Phi) is 3.55. The zero-order valence-electron chi connectivity index (χ0n) is 11.1. The number of hydrogen-bond donors (Lipinski definition) is 1. The molecular formula is C17H11N3S. The first-order valence-electron chi connectivity index (χ1n) is 6.45. The second-order valence-electron chi connectivity index (χ2n) is 4.59. The van der Waals surface area contributed by atoms with E-state index in [0.29, 0.717) is 17.7 Å². The van der Waals surface area contributed by atoms with Gasteiger partial charge in [0.05, 0.1) is 11.1 Å². The van der Waals surface area contributed by atoms with Gasteiger partial charge < -0.3 is 5.32 Å². The number of thiophene rings is 1. The van der Waals surface area contributed by atoms with Crippen LogP contribution in [0.5, 0.6) is 0 Å². The highest BCUT2D eigenvalue weighted by Crippen LogP contribution is 2.26. The summed E-state index contributed by atoms with van der Waals surface area (Å²) in [6.07, 6.45) is 0. The quantitative estimate of drug-likeness (QED) is 0.783. The predicted molar refractivity (Wildman–Crippen MR) is 85.0 cm³/mol. The molecule has 3 nitrogen and oxygen atoms in total. The Hall–Kier alpha value is -2.82. The van der Waals surface area contributed by atoms with Crippen LogP contribution in [0.1, 0.15) is 16.7 Å². The van der Waals surface area contributed by atoms with E-state index < -0.39 is 0 Å². The van der Waals surface area contributed by atoms with Gasteiger partial charge in [0.2, 0.25) is 0 Å². The molecule has 1 N–H and O–H groups in total. The SMILES string of the molecule is N#Cc1ccc(NCc2csc3ccccc23)cc1C#N. The molecule has 0 aliphatic rings. The Morgan fingerprint density at radius 3 is 2.62 bits per heavy atom. The van der Waals surface area contributed by atoms with E-state index in [-0.39, 0.29) is 0 Å². The monoisotopic (exact) mass is 289 g/mol. The minimum Gasteiger partial charge on any atom is -0.381 e. The lowest BCUT2D eigenvalue weighted by molar-refractivity contribution is 1.18. The van der Waals surface area contributed by atoms with Gasteiger partial charge in [0.25, 0.3) is 0 Å². The first-order chi connectivity index (χ1) is 10.3. The van der Waals surface area contributed by atoms with Crippen molar-refractivity contribution in [2.75, 3.05) is 5.32 Å². The summed E-state index contributed by atoms with van der Waals surface area (Å²) in [7, 11) is 0. The molecule has 0 fully saturated rings. The van der Waals surface area contributed by atoms with Crippen LogP contribution in [0.3, 0.4) is 0 Å². The van der Waals surface area contributed by atoms with Gasteiger partial charge >= 0.3 is 0 Å². The molecule has 0 radical (unpaired) electrons. The normalized spacial score (nSPS) is 10.0. The minimum absolute atomic E-state index is 0.401. The zero-order valence-corrected chi connectivity index (χ0v) is 11.9. The second kappa shape index (κ2) is 5.66. The predicted octanol–water partition coefficient (Wildman–Crippen LogP) is 4.26. The van der Waals surface area contributed by atoms with Crippen LogP contribution in [0, 0.1) is 22.7 Å². The first-order valence-corrected chi connectivity index (χ1v) is 7.33. The fourth-order valence-corrected chi connectivity index (χ4v) is 3.17. The van der Waals surface area contributed by atoms with Crippen molar-refractivity contribution < 1.29 is 0 Å². The van der Waals surface area contributed by atoms with Crippen LogP contribution < -0.4 is 5.32 Å². The molecule has 1 heterocycles. The lowest BCUT2D eigenvalue weighted by atomic mass is 10.1. The van der Waals surface area contributed by atoms with E-state index in [2.05, 4.69) is 22.8 Å². The Balaban J connectivity index is 1.82. The van der Waals surface area contributed by atoms with E-state index in [0.717, 1.165) is 5.69 Å². The highest BCUT2D eigenvalue weighted by Gasteiger charge is 2.05. The van der Waals surface area contributed by atoms with Crippen LogP contribution in [-0.2, 0) is 6.54 Å². The number of anilines is 1. The number of nitrogens with zero attached hydrogens (tertiary/aromatic N) is 2. The Morgan fingerprint density at radius 2 is 1.81 bits per heavy atom. The molecule has 21 heavy (non-hydrogen) atoms. The molecule has 100 valence electrons. The third-order valence-electron chi connectivity index (χ3n) is 3.30. The van der Waals surface area contributed by atoms with Crippen LogP contribution in [0.4, 0.5) is 5.69 Å². The molecule has 3 rings (SSSR count). The first kappa shape index (κ1) is 13.2. The molecule has 4 heteroatoms. The Morgan fingerprint density at radius 1 is 1.00 bits per heavy atom. The molecule has 0 saturated carbocycles. The van der Waals surface area contributed by atoms with Gasteiger partial charge in [-0.15, -0.1) is 11.3 Å². The number of fused-ring (bicyclic) bond motifs is 1. The van der Waals surface area contributed by atoms with Gasteiger partial charge in [-0.25, -0.2) is 0 Å². The van der Waals surface area contributed by atoms with E-state index >= 15 is 0 Å². The van der Waals surface area contributed by atoms with Crippen molar-refractivity contribution in [1.82, 2.24) is 0 Å². The maximum atomic E-state index is 9.04. The van der Waals surface area contributed by atoms with Crippen molar-refractivity contribution in [2.24, 2.45) is 0 Å². The summed E-state index contributed by atoms with van der Waals surface area (Å²) < 4.78 is 1.27. The number of nitrogens with one attached hydrogen (secondary N) is 1. The van der Waals surface area contributed by atoms with Crippen LogP contribution in [0.2, 0.25) is 0 Å². The van der Waals surface area contributed by atoms with Crippen LogP contribution >= 0.6 is 11.3 Å². The standard InChI is InChI=1S/C17H11N3S/c18-8-12-5-6-15(7-13(12)9-19)20-10-14-11-21-17-4-2-1-3-16(14)17/h1-7,11,20H,10H2. The smallest absolute Gasteiger partial charge is 0.101 e. The van der Waals surface area contributed by atoms with Gasteiger partial charge in [-0.3, -0.25) is 0 Å². The van der Waals surface area contributed by atoms with Crippen molar-refractivity contribution in [1.29, 1.82) is 10.5 Å². The minimum atomic E-state index is 0.401. The number of rotatable bonds is 3. The van der Waals surface area contributed by atoms with Crippen LogP contribution in [0.25, 0.3) is 10.1 Å². The number of hydrogen-bond acceptors (Lipinski definition) is 4. The van der Waals surface area contributed by atoms with Gasteiger partial charge in [0, 0.05) is 16.9 Å². The number of nitriles is 2. The molecule has 0 spiro atoms. The summed E-state index contributed by atoms with van der Waals surface area (Å²) in [5.41, 5.74) is 2.89. The second-order valence-corrected chi connectivity index (χ2v) is 5.51. The largest absolute Gasteiger partial charge is 0.381 e. The average molecular weight is 289 g/mol. The fraction of sp³-hybridized carbons (Fsp3) is 0.0588. The van der Waals surface area contributed by atoms with Crippen molar-refractivity contribution >= 4 is 27.1 Å². The van der Waals surface area contributed by atoms with E-state index in [9.17, 15) is 0 Å². The lowest BCUT2D eigenvalue weighted by Crippen LogP contribution is -1.99. The summed E-state index contributed by atoms with van der Waals surface area (Å²) in [6, 6.07) is 17.6. The molecule has 0 saturated heterocycles. The van der Waals surface area contributed by atoms with Crippen molar-refractivity contribution in [2.45, 2.75) is 6.54 Å². The van der Waals surface area contributed by atoms with E-state index in [1.165, 1.54) is 15.6 Å². The molecule has 0 amide bonds. The number of benzene rings is 2. The summed E-state index contributed by atoms with van der Waals surface area (Å²) in [5, 5.41) is 24.7. The molecular weight excluding hydrogens is 278 g/mol. The van der Waals surface area contributed by atoms with Gasteiger partial charge in [0.15, 0.2) is 0 Å². The molecule has 3 aromatic rings. The molecule has 0 bridgehead atoms. The van der Waals surface area contributed by atoms with Gasteiger partial charge in [-0.05, 0) is 40.6 Å². The Labute approximate surface area is 126 Å². The lowest BCUT2D eigenvalue weighted by Gasteiger charge is -2.06. The van der Waals surface area contributed by atoms with Gasteiger partial charge in [0.1, 0.15) is 12.1 Å².